The molecule has 0 bridgehead atoms. The molecule has 0 aliphatic carbocycles. The zero-order valence-electron chi connectivity index (χ0n) is 8.98. The van der Waals surface area contributed by atoms with Gasteiger partial charge in [0.15, 0.2) is 0 Å². The third-order valence-electron chi connectivity index (χ3n) is 2.66. The number of rotatable bonds is 2. The molecule has 0 saturated carbocycles. The quantitative estimate of drug-likeness (QED) is 0.663. The lowest BCUT2D eigenvalue weighted by Crippen LogP contribution is -1.68. The highest BCUT2D eigenvalue weighted by molar-refractivity contribution is 7.10. The highest BCUT2D eigenvalue weighted by Gasteiger charge is 2.05. The van der Waals surface area contributed by atoms with Gasteiger partial charge in [0.2, 0.25) is 0 Å². The van der Waals surface area contributed by atoms with E-state index in [9.17, 15) is 0 Å². The van der Waals surface area contributed by atoms with E-state index in [1.807, 2.05) is 24.3 Å². The van der Waals surface area contributed by atoms with Gasteiger partial charge in [0, 0.05) is 21.3 Å². The minimum atomic E-state index is 0.694. The number of fused-ring (bicyclic) bond motifs is 1. The van der Waals surface area contributed by atoms with E-state index in [2.05, 4.69) is 34.6 Å². The van der Waals surface area contributed by atoms with E-state index in [4.69, 9.17) is 11.6 Å². The van der Waals surface area contributed by atoms with Gasteiger partial charge in [-0.3, -0.25) is 0 Å². The molecule has 1 N–H and O–H groups in total. The number of aromatic amines is 1. The Morgan fingerprint density at radius 3 is 2.76 bits per heavy atom. The van der Waals surface area contributed by atoms with Crippen LogP contribution >= 0.6 is 22.9 Å². The Hall–Kier alpha value is -1.51. The van der Waals surface area contributed by atoms with Crippen molar-refractivity contribution in [3.05, 3.63) is 57.4 Å². The molecule has 0 spiro atoms. The molecule has 17 heavy (non-hydrogen) atoms. The molecule has 3 heteroatoms. The van der Waals surface area contributed by atoms with E-state index < -0.39 is 0 Å². The van der Waals surface area contributed by atoms with Crippen molar-refractivity contribution in [2.75, 3.05) is 0 Å². The Balaban J connectivity index is 2.08. The smallest absolute Gasteiger partial charge is 0.114 e. The van der Waals surface area contributed by atoms with Crippen LogP contribution in [0.5, 0.6) is 0 Å². The van der Waals surface area contributed by atoms with Crippen molar-refractivity contribution in [3.63, 3.8) is 0 Å². The van der Waals surface area contributed by atoms with Crippen LogP contribution in [0.3, 0.4) is 0 Å². The Bertz CT molecular complexity index is 665. The van der Waals surface area contributed by atoms with Gasteiger partial charge in [-0.15, -0.1) is 11.3 Å². The highest BCUT2D eigenvalue weighted by Crippen LogP contribution is 2.28. The number of aromatic nitrogens is 1. The number of para-hydroxylation sites is 1. The van der Waals surface area contributed by atoms with Crippen molar-refractivity contribution in [2.24, 2.45) is 0 Å². The van der Waals surface area contributed by atoms with E-state index >= 15 is 0 Å². The summed E-state index contributed by atoms with van der Waals surface area (Å²) in [5.74, 6) is 0. The zero-order chi connectivity index (χ0) is 11.7. The number of H-pyrrole nitrogens is 1. The summed E-state index contributed by atoms with van der Waals surface area (Å²) < 4.78 is 0. The normalized spacial score (nSPS) is 11.6. The molecule has 0 amide bonds. The molecule has 0 saturated heterocycles. The zero-order valence-corrected chi connectivity index (χ0v) is 10.6. The summed E-state index contributed by atoms with van der Waals surface area (Å²) in [7, 11) is 0. The predicted molar refractivity (Wildman–Crippen MR) is 76.6 cm³/mol. The first-order valence-corrected chi connectivity index (χ1v) is 6.58. The number of halogens is 1. The van der Waals surface area contributed by atoms with E-state index in [0.29, 0.717) is 5.15 Å². The Morgan fingerprint density at radius 2 is 1.94 bits per heavy atom. The second-order valence-electron chi connectivity index (χ2n) is 3.75. The standard InChI is InChI=1S/C14H10ClNS/c15-14-12(8-7-10-4-3-9-17-10)11-5-1-2-6-13(11)16-14/h1-9,16H/b8-7+. The Kier molecular flexibility index (Phi) is 2.75. The van der Waals surface area contributed by atoms with Gasteiger partial charge in [-0.25, -0.2) is 0 Å². The molecule has 0 radical (unpaired) electrons. The van der Waals surface area contributed by atoms with Crippen LogP contribution in [0.1, 0.15) is 10.4 Å². The van der Waals surface area contributed by atoms with Crippen molar-refractivity contribution < 1.29 is 0 Å². The second-order valence-corrected chi connectivity index (χ2v) is 5.10. The lowest BCUT2D eigenvalue weighted by molar-refractivity contribution is 1.47. The Morgan fingerprint density at radius 1 is 1.06 bits per heavy atom. The molecule has 1 aromatic carbocycles. The topological polar surface area (TPSA) is 15.8 Å². The van der Waals surface area contributed by atoms with Crippen LogP contribution in [0, 0.1) is 0 Å². The molecule has 0 atom stereocenters. The fourth-order valence-corrected chi connectivity index (χ4v) is 2.73. The molecule has 3 aromatic rings. The maximum absolute atomic E-state index is 6.20. The minimum Gasteiger partial charge on any atom is -0.345 e. The summed E-state index contributed by atoms with van der Waals surface area (Å²) in [6.07, 6.45) is 4.15. The first kappa shape index (κ1) is 10.6. The molecule has 2 heterocycles. The van der Waals surface area contributed by atoms with E-state index in [0.717, 1.165) is 16.5 Å². The van der Waals surface area contributed by atoms with Crippen LogP contribution in [-0.4, -0.2) is 4.98 Å². The van der Waals surface area contributed by atoms with Gasteiger partial charge in [-0.05, 0) is 29.7 Å². The summed E-state index contributed by atoms with van der Waals surface area (Å²) >= 11 is 7.92. The predicted octanol–water partition coefficient (Wildman–Crippen LogP) is 5.05. The summed E-state index contributed by atoms with van der Waals surface area (Å²) in [5, 5.41) is 3.92. The maximum Gasteiger partial charge on any atom is 0.114 e. The molecule has 0 fully saturated rings. The molecule has 3 rings (SSSR count). The van der Waals surface area contributed by atoms with E-state index in [1.54, 1.807) is 11.3 Å². The molecular formula is C14H10ClNS. The van der Waals surface area contributed by atoms with E-state index in [-0.39, 0.29) is 0 Å². The number of thiophene rings is 1. The van der Waals surface area contributed by atoms with Crippen molar-refractivity contribution >= 4 is 46.0 Å². The van der Waals surface area contributed by atoms with Gasteiger partial charge in [-0.2, -0.15) is 0 Å². The molecule has 0 aliphatic rings. The van der Waals surface area contributed by atoms with Crippen molar-refractivity contribution in [3.8, 4) is 0 Å². The van der Waals surface area contributed by atoms with Crippen molar-refractivity contribution in [2.45, 2.75) is 0 Å². The van der Waals surface area contributed by atoms with Crippen LogP contribution < -0.4 is 0 Å². The summed E-state index contributed by atoms with van der Waals surface area (Å²) in [6.45, 7) is 0. The molecule has 1 nitrogen and oxygen atoms in total. The summed E-state index contributed by atoms with van der Waals surface area (Å²) in [4.78, 5) is 4.40. The lowest BCUT2D eigenvalue weighted by atomic mass is 10.1. The Labute approximate surface area is 108 Å². The molecule has 0 unspecified atom stereocenters. The average molecular weight is 260 g/mol. The van der Waals surface area contributed by atoms with Gasteiger partial charge >= 0.3 is 0 Å². The molecular weight excluding hydrogens is 250 g/mol. The van der Waals surface area contributed by atoms with Crippen LogP contribution in [0.2, 0.25) is 5.15 Å². The third-order valence-corrected chi connectivity index (χ3v) is 3.79. The molecule has 84 valence electrons. The van der Waals surface area contributed by atoms with Gasteiger partial charge in [0.05, 0.1) is 0 Å². The van der Waals surface area contributed by atoms with Crippen LogP contribution in [-0.2, 0) is 0 Å². The lowest BCUT2D eigenvalue weighted by Gasteiger charge is -1.91. The third kappa shape index (κ3) is 2.02. The van der Waals surface area contributed by atoms with Gasteiger partial charge in [-0.1, -0.05) is 35.9 Å². The van der Waals surface area contributed by atoms with Gasteiger partial charge in [0.1, 0.15) is 5.15 Å². The fourth-order valence-electron chi connectivity index (χ4n) is 1.85. The average Bonchev–Trinajstić information content (AvgIpc) is 2.93. The number of benzene rings is 1. The van der Waals surface area contributed by atoms with E-state index in [1.165, 1.54) is 4.88 Å². The first-order valence-electron chi connectivity index (χ1n) is 5.32. The van der Waals surface area contributed by atoms with Crippen LogP contribution in [0.15, 0.2) is 41.8 Å². The first-order chi connectivity index (χ1) is 8.34. The van der Waals surface area contributed by atoms with Crippen molar-refractivity contribution in [1.82, 2.24) is 4.98 Å². The number of hydrogen-bond acceptors (Lipinski definition) is 1. The van der Waals surface area contributed by atoms with Crippen molar-refractivity contribution in [1.29, 1.82) is 0 Å². The van der Waals surface area contributed by atoms with Crippen LogP contribution in [0.4, 0.5) is 0 Å². The van der Waals surface area contributed by atoms with Gasteiger partial charge < -0.3 is 4.98 Å². The molecule has 2 aromatic heterocycles. The molecule has 0 aliphatic heterocycles. The minimum absolute atomic E-state index is 0.694. The van der Waals surface area contributed by atoms with Crippen LogP contribution in [0.25, 0.3) is 23.1 Å². The fraction of sp³-hybridized carbons (Fsp3) is 0. The highest BCUT2D eigenvalue weighted by atomic mass is 35.5. The largest absolute Gasteiger partial charge is 0.345 e. The second kappa shape index (κ2) is 4.40. The monoisotopic (exact) mass is 259 g/mol. The number of hydrogen-bond donors (Lipinski definition) is 1. The maximum atomic E-state index is 6.20. The SMILES string of the molecule is Clc1[nH]c2ccccc2c1/C=C/c1cccs1. The number of nitrogens with one attached hydrogen (secondary N) is 1. The van der Waals surface area contributed by atoms with Gasteiger partial charge in [0.25, 0.3) is 0 Å². The summed E-state index contributed by atoms with van der Waals surface area (Å²) in [5.41, 5.74) is 2.12. The summed E-state index contributed by atoms with van der Waals surface area (Å²) in [6, 6.07) is 12.3.